The maximum absolute atomic E-state index is 11.5. The highest BCUT2D eigenvalue weighted by Crippen LogP contribution is 2.25. The smallest absolute Gasteiger partial charge is 0.391 e. The monoisotopic (exact) mass is 364 g/mol. The second-order valence-corrected chi connectivity index (χ2v) is 5.38. The quantitative estimate of drug-likeness (QED) is 0.475. The zero-order valence-corrected chi connectivity index (χ0v) is 13.5. The van der Waals surface area contributed by atoms with E-state index < -0.39 is 23.6 Å². The van der Waals surface area contributed by atoms with Gasteiger partial charge in [0.05, 0.1) is 28.4 Å². The molecule has 1 unspecified atom stereocenters. The highest BCUT2D eigenvalue weighted by molar-refractivity contribution is 6.29. The predicted octanol–water partition coefficient (Wildman–Crippen LogP) is 4.90. The summed E-state index contributed by atoms with van der Waals surface area (Å²) in [6.45, 7) is 1.74. The van der Waals surface area contributed by atoms with Crippen LogP contribution in [0.3, 0.4) is 0 Å². The third-order valence-corrected chi connectivity index (χ3v) is 3.17. The first-order valence-electron chi connectivity index (χ1n) is 7.08. The minimum absolute atomic E-state index is 0.0478. The lowest BCUT2D eigenvalue weighted by Gasteiger charge is -2.11. The molecule has 0 aliphatic heterocycles. The lowest BCUT2D eigenvalue weighted by Crippen LogP contribution is -2.18. The van der Waals surface area contributed by atoms with Crippen molar-refractivity contribution in [3.05, 3.63) is 45.6 Å². The molecule has 1 N–H and O–H groups in total. The number of fused-ring (bicyclic) bond motifs is 1. The maximum atomic E-state index is 11.5. The Morgan fingerprint density at radius 1 is 1.33 bits per heavy atom. The Morgan fingerprint density at radius 3 is 2.54 bits per heavy atom. The molecule has 132 valence electrons. The lowest BCUT2D eigenvalue weighted by atomic mass is 10.1. The third kappa shape index (κ3) is 6.67. The summed E-state index contributed by atoms with van der Waals surface area (Å²) in [5.74, 6) is 0. The van der Waals surface area contributed by atoms with E-state index in [1.165, 1.54) is 12.1 Å². The van der Waals surface area contributed by atoms with E-state index in [-0.39, 0.29) is 12.1 Å². The summed E-state index contributed by atoms with van der Waals surface area (Å²) in [7, 11) is 0. The number of nitro groups is 1. The Balaban J connectivity index is 0.000000257. The van der Waals surface area contributed by atoms with Crippen molar-refractivity contribution in [3.8, 4) is 0 Å². The number of nitrogens with zero attached hydrogens (tertiary/aromatic N) is 2. The number of aliphatic hydroxyl groups is 1. The van der Waals surface area contributed by atoms with Gasteiger partial charge in [0, 0.05) is 6.07 Å². The summed E-state index contributed by atoms with van der Waals surface area (Å²) in [6, 6.07) is 7.86. The molecule has 0 radical (unpaired) electrons. The van der Waals surface area contributed by atoms with Gasteiger partial charge >= 0.3 is 6.18 Å². The molecule has 9 heteroatoms. The van der Waals surface area contributed by atoms with Gasteiger partial charge in [0.15, 0.2) is 0 Å². The van der Waals surface area contributed by atoms with Crippen LogP contribution in [0.15, 0.2) is 30.3 Å². The van der Waals surface area contributed by atoms with Crippen molar-refractivity contribution in [2.45, 2.75) is 38.5 Å². The van der Waals surface area contributed by atoms with E-state index in [1.807, 2.05) is 0 Å². The van der Waals surface area contributed by atoms with Crippen molar-refractivity contribution in [2.24, 2.45) is 0 Å². The topological polar surface area (TPSA) is 76.3 Å². The van der Waals surface area contributed by atoms with Gasteiger partial charge in [-0.15, -0.1) is 0 Å². The fraction of sp³-hybridized carbons (Fsp3) is 0.400. The molecule has 24 heavy (non-hydrogen) atoms. The molecule has 2 rings (SSSR count). The largest absolute Gasteiger partial charge is 0.393 e. The summed E-state index contributed by atoms with van der Waals surface area (Å²) in [5, 5.41) is 20.1. The summed E-state index contributed by atoms with van der Waals surface area (Å²) in [6.07, 6.45) is -5.73. The lowest BCUT2D eigenvalue weighted by molar-refractivity contribution is -0.383. The average Bonchev–Trinajstić information content (AvgIpc) is 2.45. The number of halogens is 4. The van der Waals surface area contributed by atoms with Gasteiger partial charge in [-0.25, -0.2) is 4.98 Å². The number of hydrogen-bond donors (Lipinski definition) is 1. The number of aliphatic hydroxyl groups excluding tert-OH is 1. The molecule has 0 aliphatic carbocycles. The van der Waals surface area contributed by atoms with E-state index >= 15 is 0 Å². The molecule has 2 aromatic rings. The van der Waals surface area contributed by atoms with Crippen LogP contribution in [0.1, 0.15) is 26.2 Å². The first-order valence-corrected chi connectivity index (χ1v) is 7.46. The highest BCUT2D eigenvalue weighted by atomic mass is 35.5. The van der Waals surface area contributed by atoms with Gasteiger partial charge < -0.3 is 5.11 Å². The summed E-state index contributed by atoms with van der Waals surface area (Å²) < 4.78 is 34.4. The van der Waals surface area contributed by atoms with Crippen molar-refractivity contribution in [1.82, 2.24) is 4.98 Å². The van der Waals surface area contributed by atoms with Crippen LogP contribution in [-0.2, 0) is 0 Å². The standard InChI is InChI=1S/C9H5ClN2O2.C6H11F3O/c10-9-5-4-6-7(11-9)2-1-3-8(6)12(13)14;1-2-3-5(10)4-6(7,8)9/h1-5H;5,10H,2-4H2,1H3. The highest BCUT2D eigenvalue weighted by Gasteiger charge is 2.30. The van der Waals surface area contributed by atoms with Gasteiger partial charge in [-0.2, -0.15) is 13.2 Å². The van der Waals surface area contributed by atoms with Gasteiger partial charge in [0.25, 0.3) is 5.69 Å². The van der Waals surface area contributed by atoms with Crippen LogP contribution in [-0.4, -0.2) is 27.3 Å². The molecule has 0 amide bonds. The number of non-ortho nitro benzene ring substituents is 1. The predicted molar refractivity (Wildman–Crippen MR) is 85.0 cm³/mol. The van der Waals surface area contributed by atoms with Gasteiger partial charge in [-0.3, -0.25) is 10.1 Å². The first-order chi connectivity index (χ1) is 11.1. The van der Waals surface area contributed by atoms with Crippen LogP contribution in [0.25, 0.3) is 10.9 Å². The van der Waals surface area contributed by atoms with Crippen LogP contribution in [0.4, 0.5) is 18.9 Å². The van der Waals surface area contributed by atoms with E-state index in [4.69, 9.17) is 16.7 Å². The summed E-state index contributed by atoms with van der Waals surface area (Å²) in [5.41, 5.74) is 0.582. The molecular weight excluding hydrogens is 349 g/mol. The number of alkyl halides is 3. The Hall–Kier alpha value is -1.93. The van der Waals surface area contributed by atoms with Gasteiger partial charge in [0.2, 0.25) is 0 Å². The van der Waals surface area contributed by atoms with Crippen LogP contribution in [0.2, 0.25) is 5.15 Å². The number of pyridine rings is 1. The summed E-state index contributed by atoms with van der Waals surface area (Å²) >= 11 is 5.67. The van der Waals surface area contributed by atoms with Gasteiger partial charge in [-0.05, 0) is 24.6 Å². The Kier molecular flexibility index (Phi) is 7.37. The van der Waals surface area contributed by atoms with E-state index in [0.29, 0.717) is 22.5 Å². The molecule has 1 atom stereocenters. The molecule has 1 aromatic heterocycles. The van der Waals surface area contributed by atoms with Gasteiger partial charge in [-0.1, -0.05) is 31.0 Å². The van der Waals surface area contributed by atoms with E-state index in [9.17, 15) is 23.3 Å². The van der Waals surface area contributed by atoms with E-state index in [1.54, 1.807) is 25.1 Å². The van der Waals surface area contributed by atoms with Gasteiger partial charge in [0.1, 0.15) is 5.15 Å². The van der Waals surface area contributed by atoms with E-state index in [2.05, 4.69) is 4.98 Å². The Bertz CT molecular complexity index is 695. The minimum Gasteiger partial charge on any atom is -0.393 e. The Morgan fingerprint density at radius 2 is 2.00 bits per heavy atom. The molecule has 0 aliphatic rings. The van der Waals surface area contributed by atoms with Crippen molar-refractivity contribution in [3.63, 3.8) is 0 Å². The van der Waals surface area contributed by atoms with Crippen molar-refractivity contribution >= 4 is 28.2 Å². The second kappa shape index (κ2) is 8.79. The Labute approximate surface area is 141 Å². The molecule has 1 heterocycles. The van der Waals surface area contributed by atoms with Crippen molar-refractivity contribution in [1.29, 1.82) is 0 Å². The fourth-order valence-corrected chi connectivity index (χ4v) is 2.13. The van der Waals surface area contributed by atoms with Crippen LogP contribution < -0.4 is 0 Å². The normalized spacial score (nSPS) is 12.4. The minimum atomic E-state index is -4.23. The molecule has 1 aromatic carbocycles. The zero-order valence-electron chi connectivity index (χ0n) is 12.8. The zero-order chi connectivity index (χ0) is 18.3. The van der Waals surface area contributed by atoms with Crippen molar-refractivity contribution in [2.75, 3.05) is 0 Å². The first kappa shape index (κ1) is 20.1. The number of nitro benzene ring substituents is 1. The molecule has 5 nitrogen and oxygen atoms in total. The molecule has 0 bridgehead atoms. The SMILES string of the molecule is CCCC(O)CC(F)(F)F.O=[N+]([O-])c1cccc2nc(Cl)ccc12. The number of rotatable bonds is 4. The molecule has 0 saturated heterocycles. The molecule has 0 fully saturated rings. The summed E-state index contributed by atoms with van der Waals surface area (Å²) in [4.78, 5) is 14.2. The maximum Gasteiger partial charge on any atom is 0.391 e. The van der Waals surface area contributed by atoms with Crippen LogP contribution in [0, 0.1) is 10.1 Å². The van der Waals surface area contributed by atoms with Crippen molar-refractivity contribution < 1.29 is 23.2 Å². The fourth-order valence-electron chi connectivity index (χ4n) is 1.98. The molecule has 0 spiro atoms. The number of benzene rings is 1. The van der Waals surface area contributed by atoms with Crippen LogP contribution >= 0.6 is 11.6 Å². The average molecular weight is 365 g/mol. The van der Waals surface area contributed by atoms with Crippen LogP contribution in [0.5, 0.6) is 0 Å². The third-order valence-electron chi connectivity index (χ3n) is 2.96. The second-order valence-electron chi connectivity index (χ2n) is 5.00. The molecule has 0 saturated carbocycles. The number of hydrogen-bond acceptors (Lipinski definition) is 4. The van der Waals surface area contributed by atoms with E-state index in [0.717, 1.165) is 0 Å². The molecular formula is C15H16ClF3N2O3. The number of aromatic nitrogens is 1.